The van der Waals surface area contributed by atoms with Crippen molar-refractivity contribution in [3.05, 3.63) is 0 Å². The van der Waals surface area contributed by atoms with Gasteiger partial charge >= 0.3 is 47.6 Å². The van der Waals surface area contributed by atoms with E-state index < -0.39 is 60.6 Å². The van der Waals surface area contributed by atoms with Crippen molar-refractivity contribution in [1.29, 1.82) is 0 Å². The largest absolute Gasteiger partial charge is 0.460 e. The summed E-state index contributed by atoms with van der Waals surface area (Å²) in [6.45, 7) is 1.14. The van der Waals surface area contributed by atoms with Crippen LogP contribution in [0.4, 0.5) is 74.6 Å². The minimum atomic E-state index is -8.61. The Morgan fingerprint density at radius 3 is 0.935 bits per heavy atom. The monoisotopic (exact) mass is 540 g/mol. The molecule has 0 fully saturated rings. The van der Waals surface area contributed by atoms with Crippen molar-refractivity contribution in [3.63, 3.8) is 0 Å². The van der Waals surface area contributed by atoms with Gasteiger partial charge in [0.05, 0.1) is 0 Å². The third-order valence-electron chi connectivity index (χ3n) is 4.32. The van der Waals surface area contributed by atoms with E-state index in [-0.39, 0.29) is 6.92 Å². The summed E-state index contributed by atoms with van der Waals surface area (Å²) in [7, 11) is -4.22. The zero-order valence-electron chi connectivity index (χ0n) is 14.9. The first-order valence-electron chi connectivity index (χ1n) is 7.31. The highest BCUT2D eigenvalue weighted by Crippen LogP contribution is 2.65. The molecule has 0 bridgehead atoms. The topological polar surface area (TPSA) is 0 Å². The molecule has 0 amide bonds. The van der Waals surface area contributed by atoms with Gasteiger partial charge in [-0.2, -0.15) is 85.7 Å². The molecule has 0 aliphatic rings. The minimum absolute atomic E-state index is 0.00803. The molecular formula is C12H10ClF17Si. The van der Waals surface area contributed by atoms with Crippen molar-refractivity contribution in [2.24, 2.45) is 0 Å². The van der Waals surface area contributed by atoms with Gasteiger partial charge in [-0.05, 0) is 0 Å². The van der Waals surface area contributed by atoms with E-state index in [1.54, 1.807) is 0 Å². The SMILES string of the molecule is CC(C(F)(F)C(F)(F)C(F)(F)C(F)(F)C(F)(F)C(F)(F)C(F)(F)C(F)(F)F)[Si](C)(C)Cl. The molecule has 31 heavy (non-hydrogen) atoms. The number of halogens is 18. The Balaban J connectivity index is 6.84. The molecule has 188 valence electrons. The molecule has 0 aliphatic carbocycles. The van der Waals surface area contributed by atoms with Gasteiger partial charge in [0.25, 0.3) is 0 Å². The maximum atomic E-state index is 13.9. The van der Waals surface area contributed by atoms with Crippen molar-refractivity contribution >= 4 is 18.5 Å². The zero-order chi connectivity index (χ0) is 26.1. The van der Waals surface area contributed by atoms with Crippen LogP contribution < -0.4 is 0 Å². The van der Waals surface area contributed by atoms with E-state index in [0.29, 0.717) is 13.1 Å². The van der Waals surface area contributed by atoms with E-state index in [1.807, 2.05) is 0 Å². The molecule has 19 heteroatoms. The fraction of sp³-hybridized carbons (Fsp3) is 1.00. The molecule has 0 radical (unpaired) electrons. The fourth-order valence-electron chi connectivity index (χ4n) is 1.88. The molecule has 0 aromatic heterocycles. The molecule has 0 aromatic carbocycles. The first-order valence-corrected chi connectivity index (χ1v) is 11.4. The van der Waals surface area contributed by atoms with Crippen molar-refractivity contribution in [3.8, 4) is 0 Å². The van der Waals surface area contributed by atoms with Crippen LogP contribution in [0.1, 0.15) is 6.92 Å². The Morgan fingerprint density at radius 1 is 0.484 bits per heavy atom. The zero-order valence-corrected chi connectivity index (χ0v) is 16.6. The van der Waals surface area contributed by atoms with E-state index in [1.165, 1.54) is 0 Å². The number of rotatable bonds is 8. The van der Waals surface area contributed by atoms with E-state index >= 15 is 0 Å². The lowest BCUT2D eigenvalue weighted by molar-refractivity contribution is -0.461. The van der Waals surface area contributed by atoms with E-state index in [0.717, 1.165) is 0 Å². The lowest BCUT2D eigenvalue weighted by Crippen LogP contribution is -2.75. The number of alkyl halides is 17. The Kier molecular flexibility index (Phi) is 7.25. The fourth-order valence-corrected chi connectivity index (χ4v) is 3.33. The summed E-state index contributed by atoms with van der Waals surface area (Å²) >= 11 is 5.31. The maximum Gasteiger partial charge on any atom is 0.460 e. The van der Waals surface area contributed by atoms with Gasteiger partial charge in [-0.3, -0.25) is 0 Å². The summed E-state index contributed by atoms with van der Waals surface area (Å²) in [5, 5.41) is 0. The Hall–Kier alpha value is -0.683. The van der Waals surface area contributed by atoms with Crippen LogP contribution in [0.15, 0.2) is 0 Å². The van der Waals surface area contributed by atoms with Gasteiger partial charge in [0.15, 0.2) is 7.38 Å². The van der Waals surface area contributed by atoms with Crippen LogP contribution in [0.3, 0.4) is 0 Å². The molecule has 0 nitrogen and oxygen atoms in total. The molecular weight excluding hydrogens is 531 g/mol. The van der Waals surface area contributed by atoms with Gasteiger partial charge in [-0.15, -0.1) is 0 Å². The molecule has 1 atom stereocenters. The summed E-state index contributed by atoms with van der Waals surface area (Å²) in [4.78, 5) is 0. The van der Waals surface area contributed by atoms with Crippen LogP contribution in [-0.4, -0.2) is 55.0 Å². The Bertz CT molecular complexity index is 659. The average molecular weight is 541 g/mol. The highest BCUT2D eigenvalue weighted by molar-refractivity contribution is 7.19. The second kappa shape index (κ2) is 7.41. The summed E-state index contributed by atoms with van der Waals surface area (Å²) in [6, 6.07) is 0. The molecule has 0 aliphatic heterocycles. The predicted octanol–water partition coefficient (Wildman–Crippen LogP) is 7.83. The van der Waals surface area contributed by atoms with Crippen molar-refractivity contribution < 1.29 is 74.6 Å². The van der Waals surface area contributed by atoms with Crippen LogP contribution in [0.5, 0.6) is 0 Å². The van der Waals surface area contributed by atoms with Crippen molar-refractivity contribution in [1.82, 2.24) is 0 Å². The van der Waals surface area contributed by atoms with Gasteiger partial charge in [0, 0.05) is 5.54 Å². The summed E-state index contributed by atoms with van der Waals surface area (Å²) < 4.78 is 223. The minimum Gasteiger partial charge on any atom is -0.200 e. The first kappa shape index (κ1) is 30.3. The highest BCUT2D eigenvalue weighted by Gasteiger charge is 2.95. The lowest BCUT2D eigenvalue weighted by Gasteiger charge is -2.44. The van der Waals surface area contributed by atoms with E-state index in [9.17, 15) is 74.6 Å². The normalized spacial score (nSPS) is 17.7. The average Bonchev–Trinajstić information content (AvgIpc) is 2.50. The molecule has 0 spiro atoms. The Labute approximate surface area is 167 Å². The van der Waals surface area contributed by atoms with E-state index in [4.69, 9.17) is 11.1 Å². The maximum absolute atomic E-state index is 13.9. The van der Waals surface area contributed by atoms with E-state index in [2.05, 4.69) is 0 Å². The van der Waals surface area contributed by atoms with Crippen LogP contribution in [0.25, 0.3) is 0 Å². The molecule has 0 saturated heterocycles. The summed E-state index contributed by atoms with van der Waals surface area (Å²) in [5.74, 6) is -56.2. The van der Waals surface area contributed by atoms with Gasteiger partial charge in [0.2, 0.25) is 0 Å². The van der Waals surface area contributed by atoms with Crippen molar-refractivity contribution in [2.75, 3.05) is 0 Å². The van der Waals surface area contributed by atoms with Crippen LogP contribution >= 0.6 is 11.1 Å². The number of hydrogen-bond acceptors (Lipinski definition) is 0. The second-order valence-corrected chi connectivity index (χ2v) is 13.8. The molecule has 0 heterocycles. The molecule has 0 aromatic rings. The number of hydrogen-bond donors (Lipinski definition) is 0. The first-order chi connectivity index (χ1) is 12.9. The third-order valence-corrected chi connectivity index (χ3v) is 7.72. The van der Waals surface area contributed by atoms with Crippen LogP contribution in [0, 0.1) is 0 Å². The third kappa shape index (κ3) is 3.96. The summed E-state index contributed by atoms with van der Waals surface area (Å²) in [6.07, 6.45) is -7.76. The lowest BCUT2D eigenvalue weighted by atomic mass is 9.88. The van der Waals surface area contributed by atoms with Gasteiger partial charge < -0.3 is 0 Å². The second-order valence-electron chi connectivity index (χ2n) is 6.85. The molecule has 0 rings (SSSR count). The Morgan fingerprint density at radius 2 is 0.710 bits per heavy atom. The predicted molar refractivity (Wildman–Crippen MR) is 73.4 cm³/mol. The standard InChI is InChI=1S/C12H10ClF17Si/c1-4(31(2,3)13)5(14,15)6(16,17)7(18,19)8(20,21)9(22,23)10(24,25)11(26,27)12(28,29)30/h4H,1-3H3. The van der Waals surface area contributed by atoms with Crippen LogP contribution in [0.2, 0.25) is 18.6 Å². The van der Waals surface area contributed by atoms with Crippen LogP contribution in [-0.2, 0) is 0 Å². The van der Waals surface area contributed by atoms with Gasteiger partial charge in [0.1, 0.15) is 0 Å². The van der Waals surface area contributed by atoms with Gasteiger partial charge in [-0.1, -0.05) is 20.0 Å². The molecule has 0 saturated carbocycles. The van der Waals surface area contributed by atoms with Crippen molar-refractivity contribution in [2.45, 2.75) is 73.2 Å². The summed E-state index contributed by atoms with van der Waals surface area (Å²) in [5.41, 5.74) is -3.15. The highest BCUT2D eigenvalue weighted by atomic mass is 35.6. The molecule has 0 N–H and O–H groups in total. The smallest absolute Gasteiger partial charge is 0.200 e. The molecule has 1 unspecified atom stereocenters. The van der Waals surface area contributed by atoms with Gasteiger partial charge in [-0.25, -0.2) is 0 Å². The quantitative estimate of drug-likeness (QED) is 0.167.